The van der Waals surface area contributed by atoms with E-state index in [1.807, 2.05) is 13.8 Å². The Hall–Kier alpha value is -2.44. The molecule has 1 heterocycles. The van der Waals surface area contributed by atoms with E-state index >= 15 is 0 Å². The minimum absolute atomic E-state index is 0.140. The smallest absolute Gasteiger partial charge is 0.403 e. The van der Waals surface area contributed by atoms with Gasteiger partial charge in [0.2, 0.25) is 5.75 Å². The van der Waals surface area contributed by atoms with Crippen molar-refractivity contribution in [2.75, 3.05) is 19.7 Å². The number of pyridine rings is 1. The lowest BCUT2D eigenvalue weighted by molar-refractivity contribution is 0.299. The number of aromatic nitrogens is 1. The van der Waals surface area contributed by atoms with Gasteiger partial charge in [0.05, 0.1) is 31.8 Å². The molecule has 0 aliphatic carbocycles. The second-order valence-electron chi connectivity index (χ2n) is 5.71. The zero-order chi connectivity index (χ0) is 19.9. The van der Waals surface area contributed by atoms with Crippen molar-refractivity contribution < 1.29 is 28.3 Å². The predicted molar refractivity (Wildman–Crippen MR) is 103 cm³/mol. The summed E-state index contributed by atoms with van der Waals surface area (Å²) in [6.45, 7) is 3.82. The molecule has 0 radical (unpaired) electrons. The van der Waals surface area contributed by atoms with E-state index in [1.54, 1.807) is 24.5 Å². The van der Waals surface area contributed by atoms with E-state index in [9.17, 15) is 9.67 Å². The number of hydrogen-bond donors (Lipinski definition) is 2. The number of anilines is 1. The highest BCUT2D eigenvalue weighted by molar-refractivity contribution is 7.55. The highest BCUT2D eigenvalue weighted by Crippen LogP contribution is 2.56. The summed E-state index contributed by atoms with van der Waals surface area (Å²) in [5.74, 6) is 0.310. The van der Waals surface area contributed by atoms with Gasteiger partial charge < -0.3 is 19.1 Å². The van der Waals surface area contributed by atoms with Crippen LogP contribution in [-0.2, 0) is 9.19 Å². The van der Waals surface area contributed by atoms with Gasteiger partial charge >= 0.3 is 7.60 Å². The number of aromatic hydroxyl groups is 1. The third-order valence-electron chi connectivity index (χ3n) is 4.03. The molecular weight excluding hydrogens is 371 g/mol. The summed E-state index contributed by atoms with van der Waals surface area (Å²) in [4.78, 5) is 3.98. The van der Waals surface area contributed by atoms with Crippen molar-refractivity contribution in [1.29, 1.82) is 0 Å². The molecule has 0 spiro atoms. The summed E-state index contributed by atoms with van der Waals surface area (Å²) in [6, 6.07) is 6.32. The zero-order valence-corrected chi connectivity index (χ0v) is 16.7. The van der Waals surface area contributed by atoms with Crippen molar-refractivity contribution in [1.82, 2.24) is 4.98 Å². The molecule has 148 valence electrons. The van der Waals surface area contributed by atoms with Crippen LogP contribution in [0.1, 0.15) is 26.7 Å². The van der Waals surface area contributed by atoms with Crippen molar-refractivity contribution in [2.24, 2.45) is 0 Å². The Morgan fingerprint density at radius 3 is 2.30 bits per heavy atom. The molecule has 0 bridgehead atoms. The standard InChI is InChI=1S/C18H25N2O6P/c1-5-15(6-2)27(22,26-20-13-8-7-9-19-12-13)25-14-10-16(23-3)18(21)17(11-14)24-4/h7-12,15,20-21H,5-6H2,1-4H3. The van der Waals surface area contributed by atoms with Crippen LogP contribution in [-0.4, -0.2) is 30.0 Å². The quantitative estimate of drug-likeness (QED) is 0.444. The Morgan fingerprint density at radius 2 is 1.81 bits per heavy atom. The normalized spacial score (nSPS) is 13.1. The number of phenolic OH excluding ortho intramolecular Hbond substituents is 1. The molecule has 0 saturated carbocycles. The molecule has 2 N–H and O–H groups in total. The Kier molecular flexibility index (Phi) is 7.33. The minimum atomic E-state index is -3.62. The molecule has 0 aliphatic rings. The van der Waals surface area contributed by atoms with Gasteiger partial charge in [-0.2, -0.15) is 4.62 Å². The first kappa shape index (κ1) is 20.9. The lowest BCUT2D eigenvalue weighted by Gasteiger charge is -2.26. The average Bonchev–Trinajstić information content (AvgIpc) is 2.69. The SMILES string of the molecule is CCC(CC)P(=O)(ONc1cccnc1)Oc1cc(OC)c(O)c(OC)c1. The first-order valence-corrected chi connectivity index (χ1v) is 10.2. The van der Waals surface area contributed by atoms with Crippen LogP contribution in [0.4, 0.5) is 5.69 Å². The Labute approximate surface area is 158 Å². The molecule has 0 amide bonds. The van der Waals surface area contributed by atoms with E-state index in [1.165, 1.54) is 26.4 Å². The van der Waals surface area contributed by atoms with Crippen molar-refractivity contribution in [3.05, 3.63) is 36.7 Å². The summed E-state index contributed by atoms with van der Waals surface area (Å²) in [5.41, 5.74) is 2.87. The first-order chi connectivity index (χ1) is 13.0. The number of ether oxygens (including phenoxy) is 2. The summed E-state index contributed by atoms with van der Waals surface area (Å²) in [7, 11) is -0.820. The van der Waals surface area contributed by atoms with Crippen molar-refractivity contribution in [2.45, 2.75) is 32.3 Å². The first-order valence-electron chi connectivity index (χ1n) is 8.56. The number of methoxy groups -OCH3 is 2. The van der Waals surface area contributed by atoms with Crippen LogP contribution in [0.15, 0.2) is 36.7 Å². The molecule has 27 heavy (non-hydrogen) atoms. The van der Waals surface area contributed by atoms with Gasteiger partial charge in [-0.3, -0.25) is 10.5 Å². The summed E-state index contributed by atoms with van der Waals surface area (Å²) in [6.07, 6.45) is 4.35. The van der Waals surface area contributed by atoms with Crippen LogP contribution in [0.3, 0.4) is 0 Å². The monoisotopic (exact) mass is 396 g/mol. The molecular formula is C18H25N2O6P. The van der Waals surface area contributed by atoms with E-state index in [0.717, 1.165) is 0 Å². The number of rotatable bonds is 10. The molecule has 8 nitrogen and oxygen atoms in total. The van der Waals surface area contributed by atoms with Crippen molar-refractivity contribution in [3.8, 4) is 23.0 Å². The molecule has 1 aromatic heterocycles. The van der Waals surface area contributed by atoms with Crippen LogP contribution in [0.5, 0.6) is 23.0 Å². The fraction of sp³-hybridized carbons (Fsp3) is 0.389. The maximum absolute atomic E-state index is 13.5. The molecule has 0 aliphatic heterocycles. The van der Waals surface area contributed by atoms with Gasteiger partial charge in [-0.05, 0) is 25.0 Å². The molecule has 1 aromatic carbocycles. The van der Waals surface area contributed by atoms with E-state index in [-0.39, 0.29) is 28.7 Å². The highest BCUT2D eigenvalue weighted by atomic mass is 31.2. The number of nitrogens with one attached hydrogen (secondary N) is 1. The van der Waals surface area contributed by atoms with Crippen LogP contribution in [0, 0.1) is 0 Å². The fourth-order valence-electron chi connectivity index (χ4n) is 2.51. The van der Waals surface area contributed by atoms with Gasteiger partial charge in [0.25, 0.3) is 0 Å². The van der Waals surface area contributed by atoms with Gasteiger partial charge in [-0.1, -0.05) is 13.8 Å². The van der Waals surface area contributed by atoms with Gasteiger partial charge in [-0.25, -0.2) is 4.57 Å². The molecule has 1 unspecified atom stereocenters. The molecule has 1 atom stereocenters. The molecule has 0 fully saturated rings. The summed E-state index contributed by atoms with van der Waals surface area (Å²) < 4.78 is 35.1. The average molecular weight is 396 g/mol. The van der Waals surface area contributed by atoms with Gasteiger partial charge in [0.1, 0.15) is 5.75 Å². The van der Waals surface area contributed by atoms with Crippen LogP contribution < -0.4 is 19.5 Å². The zero-order valence-electron chi connectivity index (χ0n) is 15.8. The third kappa shape index (κ3) is 5.05. The van der Waals surface area contributed by atoms with Crippen LogP contribution in [0.25, 0.3) is 0 Å². The second-order valence-corrected chi connectivity index (χ2v) is 7.89. The molecule has 0 saturated heterocycles. The minimum Gasteiger partial charge on any atom is -0.502 e. The molecule has 2 aromatic rings. The molecule has 2 rings (SSSR count). The van der Waals surface area contributed by atoms with Gasteiger partial charge in [-0.15, -0.1) is 0 Å². The maximum Gasteiger partial charge on any atom is 0.403 e. The largest absolute Gasteiger partial charge is 0.502 e. The van der Waals surface area contributed by atoms with E-state index in [0.29, 0.717) is 18.5 Å². The molecule has 9 heteroatoms. The lowest BCUT2D eigenvalue weighted by atomic mass is 10.3. The predicted octanol–water partition coefficient (Wildman–Crippen LogP) is 4.61. The van der Waals surface area contributed by atoms with Crippen LogP contribution >= 0.6 is 7.60 Å². The summed E-state index contributed by atoms with van der Waals surface area (Å²) in [5, 5.41) is 10.0. The summed E-state index contributed by atoms with van der Waals surface area (Å²) >= 11 is 0. The van der Waals surface area contributed by atoms with Crippen LogP contribution in [0.2, 0.25) is 0 Å². The number of hydrogen-bond acceptors (Lipinski definition) is 8. The Bertz CT molecular complexity index is 758. The topological polar surface area (TPSA) is 99.1 Å². The van der Waals surface area contributed by atoms with E-state index < -0.39 is 7.60 Å². The van der Waals surface area contributed by atoms with E-state index in [2.05, 4.69) is 10.5 Å². The van der Waals surface area contributed by atoms with Gasteiger partial charge in [0, 0.05) is 18.3 Å². The number of phenols is 1. The third-order valence-corrected chi connectivity index (χ3v) is 6.46. The maximum atomic E-state index is 13.5. The Morgan fingerprint density at radius 1 is 1.19 bits per heavy atom. The number of nitrogens with zero attached hydrogens (tertiary/aromatic N) is 1. The van der Waals surface area contributed by atoms with Crippen molar-refractivity contribution >= 4 is 13.3 Å². The number of benzene rings is 1. The lowest BCUT2D eigenvalue weighted by Crippen LogP contribution is -2.16. The Balaban J connectivity index is 2.33. The van der Waals surface area contributed by atoms with Crippen molar-refractivity contribution in [3.63, 3.8) is 0 Å². The second kappa shape index (κ2) is 9.48. The van der Waals surface area contributed by atoms with E-state index in [4.69, 9.17) is 18.6 Å². The highest BCUT2D eigenvalue weighted by Gasteiger charge is 2.36. The van der Waals surface area contributed by atoms with Gasteiger partial charge in [0.15, 0.2) is 11.5 Å². The fourth-order valence-corrected chi connectivity index (χ4v) is 4.37.